The fourth-order valence-corrected chi connectivity index (χ4v) is 3.04. The molecule has 1 N–H and O–H groups in total. The van der Waals surface area contributed by atoms with Crippen molar-refractivity contribution in [3.63, 3.8) is 0 Å². The third-order valence-corrected chi connectivity index (χ3v) is 4.12. The third-order valence-electron chi connectivity index (χ3n) is 4.12. The van der Waals surface area contributed by atoms with E-state index < -0.39 is 22.8 Å². The fourth-order valence-electron chi connectivity index (χ4n) is 3.04. The molecule has 2 rings (SSSR count). The first-order valence-electron chi connectivity index (χ1n) is 7.94. The largest absolute Gasteiger partial charge is 0.466 e. The average Bonchev–Trinajstić information content (AvgIpc) is 2.64. The van der Waals surface area contributed by atoms with Crippen LogP contribution in [0.25, 0.3) is 0 Å². The smallest absolute Gasteiger partial charge is 0.337 e. The molecule has 0 aromatic heterocycles. The number of ether oxygens (including phenoxy) is 2. The topological polar surface area (TPSA) is 108 Å². The zero-order valence-electron chi connectivity index (χ0n) is 15.1. The van der Waals surface area contributed by atoms with E-state index in [9.17, 15) is 19.7 Å². The SMILES string of the molecule is C#CCOC(=O)C1=C(C)NC(C)=C(C(=O)OC)C1c1ccccc1[N+](=O)[O-]. The molecule has 1 aliphatic heterocycles. The van der Waals surface area contributed by atoms with Crippen molar-refractivity contribution in [1.82, 2.24) is 5.32 Å². The van der Waals surface area contributed by atoms with Crippen molar-refractivity contribution in [2.75, 3.05) is 13.7 Å². The maximum atomic E-state index is 12.6. The Morgan fingerprint density at radius 2 is 1.81 bits per heavy atom. The van der Waals surface area contributed by atoms with Gasteiger partial charge in [0.1, 0.15) is 0 Å². The van der Waals surface area contributed by atoms with Gasteiger partial charge in [0.2, 0.25) is 0 Å². The summed E-state index contributed by atoms with van der Waals surface area (Å²) in [5.41, 5.74) is 0.932. The van der Waals surface area contributed by atoms with E-state index in [0.29, 0.717) is 11.4 Å². The molecule has 0 spiro atoms. The molecule has 1 aliphatic rings. The van der Waals surface area contributed by atoms with Gasteiger partial charge in [-0.1, -0.05) is 24.1 Å². The molecule has 1 atom stereocenters. The minimum Gasteiger partial charge on any atom is -0.466 e. The standard InChI is InChI=1S/C19H18N2O6/c1-5-10-27-19(23)16-12(3)20-11(2)15(18(22)26-4)17(16)13-8-6-7-9-14(13)21(24)25/h1,6-9,17,20H,10H2,2-4H3. The number of carbonyl (C=O) groups is 2. The van der Waals surface area contributed by atoms with E-state index in [1.54, 1.807) is 19.9 Å². The number of nitro groups is 1. The van der Waals surface area contributed by atoms with Crippen molar-refractivity contribution >= 4 is 17.6 Å². The predicted molar refractivity (Wildman–Crippen MR) is 96.2 cm³/mol. The molecule has 8 heteroatoms. The summed E-state index contributed by atoms with van der Waals surface area (Å²) < 4.78 is 9.88. The highest BCUT2D eigenvalue weighted by atomic mass is 16.6. The number of dihydropyridines is 1. The molecule has 0 aliphatic carbocycles. The average molecular weight is 370 g/mol. The summed E-state index contributed by atoms with van der Waals surface area (Å²) in [4.78, 5) is 36.0. The quantitative estimate of drug-likeness (QED) is 0.366. The van der Waals surface area contributed by atoms with Crippen molar-refractivity contribution in [3.05, 3.63) is 62.5 Å². The van der Waals surface area contributed by atoms with Crippen LogP contribution in [0.1, 0.15) is 25.3 Å². The van der Waals surface area contributed by atoms with Gasteiger partial charge in [0.25, 0.3) is 5.69 Å². The zero-order chi connectivity index (χ0) is 20.1. The van der Waals surface area contributed by atoms with Gasteiger partial charge in [0, 0.05) is 23.0 Å². The van der Waals surface area contributed by atoms with Gasteiger partial charge < -0.3 is 14.8 Å². The molecule has 0 fully saturated rings. The van der Waals surface area contributed by atoms with Gasteiger partial charge in [-0.15, -0.1) is 6.42 Å². The highest BCUT2D eigenvalue weighted by Crippen LogP contribution is 2.42. The molecule has 27 heavy (non-hydrogen) atoms. The van der Waals surface area contributed by atoms with E-state index in [4.69, 9.17) is 15.9 Å². The molecule has 0 saturated carbocycles. The third kappa shape index (κ3) is 3.82. The predicted octanol–water partition coefficient (Wildman–Crippen LogP) is 2.18. The number of hydrogen-bond acceptors (Lipinski definition) is 7. The molecule has 8 nitrogen and oxygen atoms in total. The normalized spacial score (nSPS) is 16.3. The molecule has 0 radical (unpaired) electrons. The van der Waals surface area contributed by atoms with Crippen molar-refractivity contribution in [3.8, 4) is 12.3 Å². The number of hydrogen-bond donors (Lipinski definition) is 1. The first kappa shape index (κ1) is 19.7. The Kier molecular flexibility index (Phi) is 5.98. The van der Waals surface area contributed by atoms with Crippen LogP contribution in [-0.2, 0) is 19.1 Å². The number of nitrogens with one attached hydrogen (secondary N) is 1. The molecule has 0 saturated heterocycles. The number of allylic oxidation sites excluding steroid dienone is 2. The molecule has 1 heterocycles. The summed E-state index contributed by atoms with van der Waals surface area (Å²) in [6.07, 6.45) is 5.14. The Morgan fingerprint density at radius 3 is 2.37 bits per heavy atom. The van der Waals surface area contributed by atoms with Crippen molar-refractivity contribution in [2.45, 2.75) is 19.8 Å². The number of methoxy groups -OCH3 is 1. The van der Waals surface area contributed by atoms with Crippen LogP contribution in [0, 0.1) is 22.5 Å². The molecular weight excluding hydrogens is 352 g/mol. The first-order valence-corrected chi connectivity index (χ1v) is 7.94. The molecule has 1 aromatic rings. The van der Waals surface area contributed by atoms with Crippen LogP contribution in [0.4, 0.5) is 5.69 Å². The van der Waals surface area contributed by atoms with Gasteiger partial charge in [0.15, 0.2) is 6.61 Å². The van der Waals surface area contributed by atoms with Gasteiger partial charge in [-0.25, -0.2) is 9.59 Å². The summed E-state index contributed by atoms with van der Waals surface area (Å²) >= 11 is 0. The number of benzene rings is 1. The van der Waals surface area contributed by atoms with E-state index in [1.807, 2.05) is 0 Å². The number of para-hydroxylation sites is 1. The van der Waals surface area contributed by atoms with E-state index in [2.05, 4.69) is 11.2 Å². The summed E-state index contributed by atoms with van der Waals surface area (Å²) in [5, 5.41) is 14.5. The number of esters is 2. The molecule has 0 bridgehead atoms. The minimum absolute atomic E-state index is 0.0607. The summed E-state index contributed by atoms with van der Waals surface area (Å²) in [5.74, 6) is -0.323. The van der Waals surface area contributed by atoms with Gasteiger partial charge in [-0.3, -0.25) is 10.1 Å². The maximum absolute atomic E-state index is 12.6. The van der Waals surface area contributed by atoms with Crippen LogP contribution in [0.15, 0.2) is 46.8 Å². The Morgan fingerprint density at radius 1 is 1.22 bits per heavy atom. The number of nitro benzene ring substituents is 1. The van der Waals surface area contributed by atoms with E-state index in [0.717, 1.165) is 0 Å². The Hall–Kier alpha value is -3.60. The number of terminal acetylenes is 1. The summed E-state index contributed by atoms with van der Waals surface area (Å²) in [6.45, 7) is 2.97. The maximum Gasteiger partial charge on any atom is 0.337 e. The van der Waals surface area contributed by atoms with Crippen LogP contribution >= 0.6 is 0 Å². The molecular formula is C19H18N2O6. The lowest BCUT2D eigenvalue weighted by Crippen LogP contribution is -2.32. The van der Waals surface area contributed by atoms with Gasteiger partial charge in [0.05, 0.1) is 29.1 Å². The lowest BCUT2D eigenvalue weighted by molar-refractivity contribution is -0.385. The fraction of sp³-hybridized carbons (Fsp3) is 0.263. The van der Waals surface area contributed by atoms with Crippen LogP contribution in [0.5, 0.6) is 0 Å². The zero-order valence-corrected chi connectivity index (χ0v) is 15.1. The van der Waals surface area contributed by atoms with Crippen LogP contribution in [-0.4, -0.2) is 30.6 Å². The lowest BCUT2D eigenvalue weighted by atomic mass is 9.79. The van der Waals surface area contributed by atoms with Crippen LogP contribution in [0.2, 0.25) is 0 Å². The molecule has 1 unspecified atom stereocenters. The highest BCUT2D eigenvalue weighted by Gasteiger charge is 2.40. The lowest BCUT2D eigenvalue weighted by Gasteiger charge is -2.29. The monoisotopic (exact) mass is 370 g/mol. The second-order valence-corrected chi connectivity index (χ2v) is 5.72. The number of carbonyl (C=O) groups excluding carboxylic acids is 2. The van der Waals surface area contributed by atoms with Crippen LogP contribution < -0.4 is 5.32 Å². The van der Waals surface area contributed by atoms with Crippen molar-refractivity contribution in [2.24, 2.45) is 0 Å². The molecule has 1 aromatic carbocycles. The highest BCUT2D eigenvalue weighted by molar-refractivity contribution is 6.00. The summed E-state index contributed by atoms with van der Waals surface area (Å²) in [7, 11) is 1.20. The Balaban J connectivity index is 2.75. The van der Waals surface area contributed by atoms with Crippen molar-refractivity contribution < 1.29 is 24.0 Å². The van der Waals surface area contributed by atoms with Crippen molar-refractivity contribution in [1.29, 1.82) is 0 Å². The Bertz CT molecular complexity index is 907. The van der Waals surface area contributed by atoms with Gasteiger partial charge >= 0.3 is 11.9 Å². The van der Waals surface area contributed by atoms with Gasteiger partial charge in [-0.05, 0) is 13.8 Å². The van der Waals surface area contributed by atoms with Crippen LogP contribution in [0.3, 0.4) is 0 Å². The molecule has 140 valence electrons. The second-order valence-electron chi connectivity index (χ2n) is 5.72. The number of rotatable bonds is 5. The minimum atomic E-state index is -1.04. The molecule has 0 amide bonds. The van der Waals surface area contributed by atoms with E-state index in [-0.39, 0.29) is 29.0 Å². The van der Waals surface area contributed by atoms with E-state index in [1.165, 1.54) is 25.3 Å². The second kappa shape index (κ2) is 8.19. The Labute approximate surface area is 156 Å². The summed E-state index contributed by atoms with van der Waals surface area (Å²) in [6, 6.07) is 5.89. The number of nitrogens with zero attached hydrogens (tertiary/aromatic N) is 1. The van der Waals surface area contributed by atoms with E-state index >= 15 is 0 Å². The van der Waals surface area contributed by atoms with Gasteiger partial charge in [-0.2, -0.15) is 0 Å². The first-order chi connectivity index (χ1) is 12.8.